The molecule has 1 rings (SSSR count). The molecule has 0 saturated carbocycles. The molecule has 3 atom stereocenters. The Balaban J connectivity index is 2.63. The third-order valence-corrected chi connectivity index (χ3v) is 2.56. The monoisotopic (exact) mass is 228 g/mol. The molecule has 0 fully saturated rings. The summed E-state index contributed by atoms with van der Waals surface area (Å²) in [5.74, 6) is 0.740. The van der Waals surface area contributed by atoms with Crippen molar-refractivity contribution in [2.75, 3.05) is 0 Å². The number of aliphatic hydroxyl groups excluding tert-OH is 3. The minimum Gasteiger partial charge on any atom is -0.460 e. The summed E-state index contributed by atoms with van der Waals surface area (Å²) < 4.78 is 5.31. The SMILES string of the molecule is CCCCC(O)c1ccc(C(O)C(C)O)o1. The number of hydrogen-bond donors (Lipinski definition) is 3. The van der Waals surface area contributed by atoms with Crippen LogP contribution in [0.3, 0.4) is 0 Å². The molecule has 4 nitrogen and oxygen atoms in total. The second kappa shape index (κ2) is 6.03. The molecule has 3 N–H and O–H groups in total. The van der Waals surface area contributed by atoms with Crippen LogP contribution in [-0.4, -0.2) is 21.4 Å². The predicted octanol–water partition coefficient (Wildman–Crippen LogP) is 1.92. The van der Waals surface area contributed by atoms with Crippen LogP contribution in [0.4, 0.5) is 0 Å². The van der Waals surface area contributed by atoms with Crippen molar-refractivity contribution in [2.24, 2.45) is 0 Å². The van der Waals surface area contributed by atoms with E-state index in [1.807, 2.05) is 0 Å². The molecule has 0 amide bonds. The maximum absolute atomic E-state index is 9.75. The molecular weight excluding hydrogens is 208 g/mol. The lowest BCUT2D eigenvalue weighted by Crippen LogP contribution is -2.12. The molecule has 0 saturated heterocycles. The van der Waals surface area contributed by atoms with Gasteiger partial charge in [-0.25, -0.2) is 0 Å². The van der Waals surface area contributed by atoms with Crippen LogP contribution in [-0.2, 0) is 0 Å². The Labute approximate surface area is 95.5 Å². The van der Waals surface area contributed by atoms with Crippen LogP contribution in [0.5, 0.6) is 0 Å². The van der Waals surface area contributed by atoms with Crippen molar-refractivity contribution in [3.63, 3.8) is 0 Å². The summed E-state index contributed by atoms with van der Waals surface area (Å²) in [5, 5.41) is 28.5. The van der Waals surface area contributed by atoms with E-state index in [-0.39, 0.29) is 0 Å². The van der Waals surface area contributed by atoms with Crippen LogP contribution >= 0.6 is 0 Å². The molecule has 0 aliphatic heterocycles. The molecule has 92 valence electrons. The summed E-state index contributed by atoms with van der Waals surface area (Å²) in [7, 11) is 0. The standard InChI is InChI=1S/C12H20O4/c1-3-4-5-9(14)10-6-7-11(16-10)12(15)8(2)13/h6-9,12-15H,3-5H2,1-2H3. The van der Waals surface area contributed by atoms with Gasteiger partial charge in [-0.05, 0) is 25.5 Å². The van der Waals surface area contributed by atoms with Crippen LogP contribution < -0.4 is 0 Å². The highest BCUT2D eigenvalue weighted by molar-refractivity contribution is 5.12. The van der Waals surface area contributed by atoms with Crippen molar-refractivity contribution < 1.29 is 19.7 Å². The fraction of sp³-hybridized carbons (Fsp3) is 0.667. The van der Waals surface area contributed by atoms with Gasteiger partial charge in [0.05, 0.1) is 6.10 Å². The molecule has 1 aromatic rings. The summed E-state index contributed by atoms with van der Waals surface area (Å²) in [5.41, 5.74) is 0. The Bertz CT molecular complexity index is 306. The lowest BCUT2D eigenvalue weighted by atomic mass is 10.1. The first-order valence-electron chi connectivity index (χ1n) is 5.70. The van der Waals surface area contributed by atoms with Crippen LogP contribution in [0.25, 0.3) is 0 Å². The average Bonchev–Trinajstić information content (AvgIpc) is 2.73. The van der Waals surface area contributed by atoms with E-state index >= 15 is 0 Å². The summed E-state index contributed by atoms with van der Waals surface area (Å²) in [6.07, 6.45) is 0.0412. The molecule has 3 unspecified atom stereocenters. The topological polar surface area (TPSA) is 73.8 Å². The van der Waals surface area contributed by atoms with Crippen molar-refractivity contribution in [1.29, 1.82) is 0 Å². The summed E-state index contributed by atoms with van der Waals surface area (Å²) >= 11 is 0. The first-order chi connectivity index (χ1) is 7.56. The van der Waals surface area contributed by atoms with E-state index < -0.39 is 18.3 Å². The molecule has 4 heteroatoms. The number of unbranched alkanes of at least 4 members (excludes halogenated alkanes) is 1. The van der Waals surface area contributed by atoms with E-state index in [0.29, 0.717) is 17.9 Å². The fourth-order valence-corrected chi connectivity index (χ4v) is 1.48. The van der Waals surface area contributed by atoms with Gasteiger partial charge in [-0.2, -0.15) is 0 Å². The lowest BCUT2D eigenvalue weighted by molar-refractivity contribution is 0.0139. The molecule has 16 heavy (non-hydrogen) atoms. The minimum atomic E-state index is -1.04. The highest BCUT2D eigenvalue weighted by Gasteiger charge is 2.19. The highest BCUT2D eigenvalue weighted by Crippen LogP contribution is 2.25. The van der Waals surface area contributed by atoms with Gasteiger partial charge in [0, 0.05) is 0 Å². The number of rotatable bonds is 6. The molecule has 0 aliphatic rings. The van der Waals surface area contributed by atoms with E-state index in [9.17, 15) is 15.3 Å². The minimum absolute atomic E-state index is 0.292. The molecule has 1 aromatic heterocycles. The summed E-state index contributed by atoms with van der Waals surface area (Å²) in [6, 6.07) is 3.23. The van der Waals surface area contributed by atoms with Gasteiger partial charge < -0.3 is 19.7 Å². The highest BCUT2D eigenvalue weighted by atomic mass is 16.4. The van der Waals surface area contributed by atoms with Crippen LogP contribution in [0.1, 0.15) is 56.8 Å². The van der Waals surface area contributed by atoms with E-state index in [4.69, 9.17) is 4.42 Å². The van der Waals surface area contributed by atoms with Crippen molar-refractivity contribution in [3.8, 4) is 0 Å². The zero-order chi connectivity index (χ0) is 12.1. The van der Waals surface area contributed by atoms with Crippen molar-refractivity contribution in [1.82, 2.24) is 0 Å². The second-order valence-electron chi connectivity index (χ2n) is 4.08. The Kier molecular flexibility index (Phi) is 4.99. The van der Waals surface area contributed by atoms with Crippen molar-refractivity contribution in [3.05, 3.63) is 23.7 Å². The molecule has 0 aliphatic carbocycles. The molecule has 0 radical (unpaired) electrons. The van der Waals surface area contributed by atoms with Gasteiger partial charge in [-0.15, -0.1) is 0 Å². The Morgan fingerprint density at radius 2 is 1.81 bits per heavy atom. The van der Waals surface area contributed by atoms with Crippen molar-refractivity contribution in [2.45, 2.75) is 51.4 Å². The largest absolute Gasteiger partial charge is 0.460 e. The molecule has 0 bridgehead atoms. The first-order valence-corrected chi connectivity index (χ1v) is 5.70. The van der Waals surface area contributed by atoms with Gasteiger partial charge in [0.15, 0.2) is 0 Å². The smallest absolute Gasteiger partial charge is 0.137 e. The predicted molar refractivity (Wildman–Crippen MR) is 59.8 cm³/mol. The van der Waals surface area contributed by atoms with Crippen molar-refractivity contribution >= 4 is 0 Å². The van der Waals surface area contributed by atoms with Gasteiger partial charge in [-0.1, -0.05) is 19.8 Å². The van der Waals surface area contributed by atoms with Gasteiger partial charge >= 0.3 is 0 Å². The van der Waals surface area contributed by atoms with Crippen LogP contribution in [0.2, 0.25) is 0 Å². The Hall–Kier alpha value is -0.840. The fourth-order valence-electron chi connectivity index (χ4n) is 1.48. The van der Waals surface area contributed by atoms with Crippen LogP contribution in [0.15, 0.2) is 16.5 Å². The van der Waals surface area contributed by atoms with Crippen LogP contribution in [0, 0.1) is 0 Å². The summed E-state index contributed by atoms with van der Waals surface area (Å²) in [6.45, 7) is 3.54. The zero-order valence-corrected chi connectivity index (χ0v) is 9.76. The van der Waals surface area contributed by atoms with Gasteiger partial charge in [-0.3, -0.25) is 0 Å². The van der Waals surface area contributed by atoms with E-state index in [1.54, 1.807) is 12.1 Å². The van der Waals surface area contributed by atoms with E-state index in [0.717, 1.165) is 12.8 Å². The number of hydrogen-bond acceptors (Lipinski definition) is 4. The second-order valence-corrected chi connectivity index (χ2v) is 4.08. The lowest BCUT2D eigenvalue weighted by Gasteiger charge is -2.11. The average molecular weight is 228 g/mol. The third kappa shape index (κ3) is 3.33. The molecule has 1 heterocycles. The quantitative estimate of drug-likeness (QED) is 0.695. The van der Waals surface area contributed by atoms with E-state index in [1.165, 1.54) is 6.92 Å². The van der Waals surface area contributed by atoms with Gasteiger partial charge in [0.25, 0.3) is 0 Å². The van der Waals surface area contributed by atoms with Gasteiger partial charge in [0.1, 0.15) is 23.7 Å². The normalized spacial score (nSPS) is 17.1. The molecule has 0 aromatic carbocycles. The maximum Gasteiger partial charge on any atom is 0.137 e. The summed E-state index contributed by atoms with van der Waals surface area (Å²) in [4.78, 5) is 0. The third-order valence-electron chi connectivity index (χ3n) is 2.56. The first kappa shape index (κ1) is 13.2. The number of aliphatic hydroxyl groups is 3. The Morgan fingerprint density at radius 3 is 2.38 bits per heavy atom. The maximum atomic E-state index is 9.75. The zero-order valence-electron chi connectivity index (χ0n) is 9.76. The number of furan rings is 1. The van der Waals surface area contributed by atoms with Gasteiger partial charge in [0.2, 0.25) is 0 Å². The molecule has 0 spiro atoms. The van der Waals surface area contributed by atoms with E-state index in [2.05, 4.69) is 6.92 Å². The molecular formula is C12H20O4. The Morgan fingerprint density at radius 1 is 1.19 bits per heavy atom.